The molecule has 37 heavy (non-hydrogen) atoms. The second-order valence-corrected chi connectivity index (χ2v) is 11.1. The predicted molar refractivity (Wildman–Crippen MR) is 144 cm³/mol. The van der Waals surface area contributed by atoms with Crippen LogP contribution in [0.3, 0.4) is 0 Å². The van der Waals surface area contributed by atoms with E-state index in [9.17, 15) is 14.4 Å². The number of nitrogens with zero attached hydrogens (tertiary/aromatic N) is 4. The van der Waals surface area contributed by atoms with Crippen molar-refractivity contribution < 1.29 is 14.3 Å². The number of rotatable bonds is 5. The standard InChI is InChI=1S/C29H40N4O4/c1-21(34)24-13-10-18-32(24)26-27(35)33(25-12-7-6-11-23(25)30-26)22-14-19-31(20-15-22)29(28(36)37-2)16-8-4-3-5-9-17-29/h6-7,11-12,22,24H,3-5,8-10,13-20H2,1-2H3/t24-/m0/s1. The van der Waals surface area contributed by atoms with Crippen molar-refractivity contribution in [2.24, 2.45) is 0 Å². The molecule has 0 radical (unpaired) electrons. The Balaban J connectivity index is 1.46. The van der Waals surface area contributed by atoms with Crippen LogP contribution in [0.15, 0.2) is 29.1 Å². The third-order valence-electron chi connectivity index (χ3n) is 8.95. The number of esters is 1. The van der Waals surface area contributed by atoms with E-state index in [1.807, 2.05) is 33.7 Å². The molecule has 1 saturated carbocycles. The van der Waals surface area contributed by atoms with E-state index in [-0.39, 0.29) is 29.4 Å². The highest BCUT2D eigenvalue weighted by Crippen LogP contribution is 2.37. The van der Waals surface area contributed by atoms with Gasteiger partial charge < -0.3 is 14.2 Å². The number of benzene rings is 1. The van der Waals surface area contributed by atoms with E-state index < -0.39 is 5.54 Å². The lowest BCUT2D eigenvalue weighted by Gasteiger charge is -2.46. The van der Waals surface area contributed by atoms with Crippen molar-refractivity contribution >= 4 is 28.6 Å². The van der Waals surface area contributed by atoms with Gasteiger partial charge in [-0.05, 0) is 57.6 Å². The first-order valence-corrected chi connectivity index (χ1v) is 14.1. The SMILES string of the molecule is COC(=O)C1(N2CCC(n3c(=O)c(N4CCC[C@H]4C(C)=O)nc4ccccc43)CC2)CCCCCCC1. The molecule has 8 nitrogen and oxygen atoms in total. The molecule has 1 aromatic heterocycles. The van der Waals surface area contributed by atoms with Crippen molar-refractivity contribution in [1.29, 1.82) is 0 Å². The monoisotopic (exact) mass is 508 g/mol. The van der Waals surface area contributed by atoms with E-state index in [1.165, 1.54) is 13.5 Å². The smallest absolute Gasteiger partial charge is 0.326 e. The minimum atomic E-state index is -0.555. The topological polar surface area (TPSA) is 84.7 Å². The van der Waals surface area contributed by atoms with Crippen LogP contribution in [-0.2, 0) is 14.3 Å². The van der Waals surface area contributed by atoms with Crippen molar-refractivity contribution in [1.82, 2.24) is 14.5 Å². The Kier molecular flexibility index (Phi) is 7.65. The Morgan fingerprint density at radius 1 is 0.946 bits per heavy atom. The van der Waals surface area contributed by atoms with Gasteiger partial charge in [0.05, 0.1) is 24.2 Å². The summed E-state index contributed by atoms with van der Waals surface area (Å²) in [6.45, 7) is 3.77. The van der Waals surface area contributed by atoms with Crippen LogP contribution >= 0.6 is 0 Å². The summed E-state index contributed by atoms with van der Waals surface area (Å²) in [5.41, 5.74) is 0.946. The number of likely N-dealkylation sites (tertiary alicyclic amines) is 1. The van der Waals surface area contributed by atoms with Gasteiger partial charge >= 0.3 is 5.97 Å². The van der Waals surface area contributed by atoms with E-state index in [2.05, 4.69) is 4.90 Å². The third kappa shape index (κ3) is 4.80. The molecule has 1 atom stereocenters. The minimum Gasteiger partial charge on any atom is -0.468 e. The van der Waals surface area contributed by atoms with Crippen LogP contribution in [0.4, 0.5) is 5.82 Å². The summed E-state index contributed by atoms with van der Waals surface area (Å²) in [6.07, 6.45) is 10.5. The van der Waals surface area contributed by atoms with Gasteiger partial charge in [-0.25, -0.2) is 4.98 Å². The normalized spacial score (nSPS) is 23.5. The number of carbonyl (C=O) groups excluding carboxylic acids is 2. The summed E-state index contributed by atoms with van der Waals surface area (Å²) >= 11 is 0. The molecular formula is C29H40N4O4. The molecule has 3 aliphatic rings. The van der Waals surface area contributed by atoms with E-state index >= 15 is 0 Å². The number of fused-ring (bicyclic) bond motifs is 1. The summed E-state index contributed by atoms with van der Waals surface area (Å²) in [4.78, 5) is 48.5. The van der Waals surface area contributed by atoms with Gasteiger partial charge in [0, 0.05) is 25.7 Å². The molecule has 3 heterocycles. The molecule has 0 spiro atoms. The predicted octanol–water partition coefficient (Wildman–Crippen LogP) is 4.25. The summed E-state index contributed by atoms with van der Waals surface area (Å²) in [5.74, 6) is 0.370. The number of hydrogen-bond donors (Lipinski definition) is 0. The lowest BCUT2D eigenvalue weighted by molar-refractivity contribution is -0.158. The molecular weight excluding hydrogens is 468 g/mol. The molecule has 0 amide bonds. The Bertz CT molecular complexity index is 1190. The summed E-state index contributed by atoms with van der Waals surface area (Å²) in [7, 11) is 1.51. The molecule has 3 fully saturated rings. The van der Waals surface area contributed by atoms with Crippen LogP contribution in [0.5, 0.6) is 0 Å². The van der Waals surface area contributed by atoms with Crippen LogP contribution in [0.25, 0.3) is 11.0 Å². The molecule has 0 bridgehead atoms. The fourth-order valence-electron chi connectivity index (χ4n) is 7.02. The zero-order valence-corrected chi connectivity index (χ0v) is 22.3. The minimum absolute atomic E-state index is 0.0111. The molecule has 200 valence electrons. The Morgan fingerprint density at radius 2 is 1.62 bits per heavy atom. The van der Waals surface area contributed by atoms with E-state index in [0.717, 1.165) is 88.3 Å². The lowest BCUT2D eigenvalue weighted by atomic mass is 9.81. The molecule has 8 heteroatoms. The van der Waals surface area contributed by atoms with Gasteiger partial charge in [-0.1, -0.05) is 44.2 Å². The highest BCUT2D eigenvalue weighted by atomic mass is 16.5. The third-order valence-corrected chi connectivity index (χ3v) is 8.95. The number of ketones is 1. The van der Waals surface area contributed by atoms with Gasteiger partial charge in [-0.15, -0.1) is 0 Å². The number of carbonyl (C=O) groups is 2. The van der Waals surface area contributed by atoms with Gasteiger partial charge in [0.15, 0.2) is 11.6 Å². The fourth-order valence-corrected chi connectivity index (χ4v) is 7.02. The molecule has 1 aromatic carbocycles. The molecule has 0 N–H and O–H groups in total. The van der Waals surface area contributed by atoms with E-state index in [0.29, 0.717) is 12.4 Å². The zero-order chi connectivity index (χ0) is 26.0. The van der Waals surface area contributed by atoms with Crippen molar-refractivity contribution in [3.8, 4) is 0 Å². The molecule has 0 unspecified atom stereocenters. The first kappa shape index (κ1) is 25.9. The number of Topliss-reactive ketones (excluding diaryl/α,β-unsaturated/α-hetero) is 1. The highest BCUT2D eigenvalue weighted by Gasteiger charge is 2.46. The molecule has 2 saturated heterocycles. The second kappa shape index (κ2) is 10.9. The molecule has 5 rings (SSSR count). The van der Waals surface area contributed by atoms with Crippen LogP contribution in [0.1, 0.15) is 83.6 Å². The zero-order valence-electron chi connectivity index (χ0n) is 22.3. The van der Waals surface area contributed by atoms with Gasteiger partial charge in [0.1, 0.15) is 5.54 Å². The Labute approximate surface area is 219 Å². The fraction of sp³-hybridized carbons (Fsp3) is 0.655. The molecule has 2 aromatic rings. The average molecular weight is 509 g/mol. The van der Waals surface area contributed by atoms with Crippen molar-refractivity contribution in [2.45, 2.75) is 95.2 Å². The molecule has 2 aliphatic heterocycles. The van der Waals surface area contributed by atoms with E-state index in [4.69, 9.17) is 9.72 Å². The van der Waals surface area contributed by atoms with Crippen molar-refractivity contribution in [3.63, 3.8) is 0 Å². The average Bonchev–Trinajstić information content (AvgIpc) is 3.39. The molecule has 1 aliphatic carbocycles. The number of anilines is 1. The Morgan fingerprint density at radius 3 is 2.30 bits per heavy atom. The summed E-state index contributed by atoms with van der Waals surface area (Å²) < 4.78 is 7.28. The number of ether oxygens (including phenoxy) is 1. The van der Waals surface area contributed by atoms with Gasteiger partial charge in [0.2, 0.25) is 0 Å². The van der Waals surface area contributed by atoms with Gasteiger partial charge in [-0.3, -0.25) is 19.3 Å². The van der Waals surface area contributed by atoms with Crippen LogP contribution < -0.4 is 10.5 Å². The Hall–Kier alpha value is -2.74. The lowest BCUT2D eigenvalue weighted by Crippen LogP contribution is -2.58. The maximum absolute atomic E-state index is 14.0. The van der Waals surface area contributed by atoms with Crippen molar-refractivity contribution in [3.05, 3.63) is 34.6 Å². The maximum atomic E-state index is 14.0. The number of piperidine rings is 1. The van der Waals surface area contributed by atoms with Crippen molar-refractivity contribution in [2.75, 3.05) is 31.6 Å². The number of aromatic nitrogens is 2. The summed E-state index contributed by atoms with van der Waals surface area (Å²) in [5, 5.41) is 0. The van der Waals surface area contributed by atoms with Crippen LogP contribution in [0, 0.1) is 0 Å². The highest BCUT2D eigenvalue weighted by molar-refractivity contribution is 5.86. The maximum Gasteiger partial charge on any atom is 0.326 e. The second-order valence-electron chi connectivity index (χ2n) is 11.1. The van der Waals surface area contributed by atoms with Gasteiger partial charge in [0.25, 0.3) is 5.56 Å². The van der Waals surface area contributed by atoms with Crippen LogP contribution in [-0.4, -0.2) is 64.5 Å². The van der Waals surface area contributed by atoms with Gasteiger partial charge in [-0.2, -0.15) is 0 Å². The van der Waals surface area contributed by atoms with Crippen LogP contribution in [0.2, 0.25) is 0 Å². The number of methoxy groups -OCH3 is 1. The number of hydrogen-bond acceptors (Lipinski definition) is 7. The number of para-hydroxylation sites is 2. The largest absolute Gasteiger partial charge is 0.468 e. The van der Waals surface area contributed by atoms with E-state index in [1.54, 1.807) is 6.92 Å². The quantitative estimate of drug-likeness (QED) is 0.558. The summed E-state index contributed by atoms with van der Waals surface area (Å²) in [6, 6.07) is 7.54. The first-order valence-electron chi connectivity index (χ1n) is 14.1. The first-order chi connectivity index (χ1) is 18.0.